The normalized spacial score (nSPS) is 41.4. The Hall–Kier alpha value is -1.34. The van der Waals surface area contributed by atoms with Crippen molar-refractivity contribution in [2.45, 2.75) is 55.8 Å². The highest BCUT2D eigenvalue weighted by Gasteiger charge is 2.24. The van der Waals surface area contributed by atoms with E-state index in [0.717, 1.165) is 6.07 Å². The van der Waals surface area contributed by atoms with Crippen molar-refractivity contribution < 1.29 is 29.5 Å². The molecule has 0 aliphatic heterocycles. The summed E-state index contributed by atoms with van der Waals surface area (Å²) in [7, 11) is 0. The molecule has 154 valence electrons. The second-order valence-corrected chi connectivity index (χ2v) is 6.70. The first-order valence-corrected chi connectivity index (χ1v) is 9.45. The van der Waals surface area contributed by atoms with E-state index in [2.05, 4.69) is 15.9 Å². The number of Topliss-reactive ketones (excluding diaryl/α,β-unsaturated/α-hetero) is 1. The third kappa shape index (κ3) is 8.13. The average molecular weight is 513 g/mol. The third-order valence-corrected chi connectivity index (χ3v) is 4.24. The molecule has 0 aromatic heterocycles. The Labute approximate surface area is 217 Å². The molecule has 0 spiro atoms. The molecule has 2 fully saturated rings. The molecule has 5 heteroatoms. The lowest BCUT2D eigenvalue weighted by Gasteiger charge is -2.08. The van der Waals surface area contributed by atoms with Crippen molar-refractivity contribution >= 4 is 44.9 Å². The Morgan fingerprint density at radius 1 is 0.966 bits per heavy atom. The smallest absolute Gasteiger partial charge is 0.167 e. The lowest BCUT2D eigenvalue weighted by molar-refractivity contribution is 0.0923. The van der Waals surface area contributed by atoms with Gasteiger partial charge < -0.3 is 0 Å². The van der Waals surface area contributed by atoms with Crippen LogP contribution in [0.3, 0.4) is 0 Å². The lowest BCUT2D eigenvalue weighted by Crippen LogP contribution is -2.11. The first kappa shape index (κ1) is 9.03. The second-order valence-electron chi connectivity index (χ2n) is 5.09. The number of carbonyl (C=O) groups is 1. The molecule has 0 bridgehead atoms. The number of nitrogens with zero attached hydrogens (tertiary/aromatic N) is 1. The zero-order valence-electron chi connectivity index (χ0n) is 32.6. The topological polar surface area (TPSA) is 40.9 Å². The minimum Gasteiger partial charge on any atom is -0.294 e. The highest BCUT2D eigenvalue weighted by atomic mass is 79.9. The maximum absolute atomic E-state index is 12.7. The number of carbonyl (C=O) groups excluding carboxylic acids is 1. The van der Waals surface area contributed by atoms with Crippen molar-refractivity contribution in [3.63, 3.8) is 0 Å². The monoisotopic (exact) mass is 511 g/mol. The standard InChI is InChI=1S/C12H13ClO.C7H4ClN.C5H9Br/c13-11-8-4-3-7-10(11)12(14)9-5-1-2-6-9;8-7-4-2-1-3-6(7)5-9;6-5-3-1-2-4-5/h3-4,7-9H,1-2,5-6H2;1-4H;5H,1-4H2/i1D2,2D2,5D2,6D2,9D;;1D2,2D2,3D2,4D2,5D. The lowest BCUT2D eigenvalue weighted by atomic mass is 9.96. The van der Waals surface area contributed by atoms with Crippen molar-refractivity contribution in [1.29, 1.82) is 5.26 Å². The van der Waals surface area contributed by atoms with Gasteiger partial charge >= 0.3 is 0 Å². The first-order chi connectivity index (χ1) is 20.8. The third-order valence-electron chi connectivity index (χ3n) is 3.18. The summed E-state index contributed by atoms with van der Waals surface area (Å²) in [6, 6.07) is 14.2. The first-order valence-electron chi connectivity index (χ1n) is 16.9. The summed E-state index contributed by atoms with van der Waals surface area (Å²) in [4.78, 5) is 10.0. The van der Waals surface area contributed by atoms with Gasteiger partial charge in [-0.15, -0.1) is 0 Å². The van der Waals surface area contributed by atoms with Crippen LogP contribution in [0.4, 0.5) is 0 Å². The number of nitriles is 1. The molecule has 0 saturated heterocycles. The van der Waals surface area contributed by atoms with E-state index in [-0.39, 0.29) is 10.6 Å². The van der Waals surface area contributed by atoms with Crippen LogP contribution in [0.1, 0.15) is 91.6 Å². The van der Waals surface area contributed by atoms with Gasteiger partial charge in [-0.2, -0.15) is 5.26 Å². The number of benzene rings is 2. The Balaban J connectivity index is 0.000000273. The minimum absolute atomic E-state index is 0.149. The van der Waals surface area contributed by atoms with Crippen LogP contribution >= 0.6 is 39.1 Å². The van der Waals surface area contributed by atoms with Crippen LogP contribution in [-0.4, -0.2) is 10.6 Å². The largest absolute Gasteiger partial charge is 0.294 e. The van der Waals surface area contributed by atoms with E-state index in [1.54, 1.807) is 24.3 Å². The summed E-state index contributed by atoms with van der Waals surface area (Å²) in [5.74, 6) is -4.75. The average Bonchev–Trinajstić information content (AvgIpc) is 3.04. The molecule has 4 rings (SSSR count). The molecule has 0 unspecified atom stereocenters. The Bertz CT molecular complexity index is 1460. The highest BCUT2D eigenvalue weighted by Crippen LogP contribution is 2.30. The quantitative estimate of drug-likeness (QED) is 0.300. The zero-order valence-corrected chi connectivity index (χ0v) is 17.7. The van der Waals surface area contributed by atoms with Crippen LogP contribution in [0.2, 0.25) is 10.0 Å². The molecule has 2 saturated carbocycles. The molecule has 0 atom stereocenters. The number of hydrogen-bond acceptors (Lipinski definition) is 2. The van der Waals surface area contributed by atoms with Crippen LogP contribution in [0.15, 0.2) is 48.5 Å². The van der Waals surface area contributed by atoms with Crippen LogP contribution < -0.4 is 0 Å². The Morgan fingerprint density at radius 3 is 1.93 bits per heavy atom. The van der Waals surface area contributed by atoms with Crippen LogP contribution in [0, 0.1) is 17.2 Å². The molecule has 2 aliphatic rings. The summed E-state index contributed by atoms with van der Waals surface area (Å²) >= 11 is 13.9. The Morgan fingerprint density at radius 2 is 1.48 bits per heavy atom. The highest BCUT2D eigenvalue weighted by molar-refractivity contribution is 9.09. The Kier molecular flexibility index (Phi) is 4.07. The second kappa shape index (κ2) is 13.1. The molecule has 0 radical (unpaired) electrons. The maximum atomic E-state index is 12.7. The molecular weight excluding hydrogens is 469 g/mol. The zero-order chi connectivity index (χ0) is 37.3. The molecule has 2 aliphatic carbocycles. The number of hydrogen-bond donors (Lipinski definition) is 0. The summed E-state index contributed by atoms with van der Waals surface area (Å²) in [5, 5.41) is 8.75. The van der Waals surface area contributed by atoms with E-state index >= 15 is 0 Å². The molecular formula is C24H26BrCl2NO. The van der Waals surface area contributed by atoms with Gasteiger partial charge in [0.05, 0.1) is 15.6 Å². The minimum atomic E-state index is -3.43. The van der Waals surface area contributed by atoms with Gasteiger partial charge in [-0.1, -0.05) is 88.9 Å². The van der Waals surface area contributed by atoms with Crippen LogP contribution in [-0.2, 0) is 0 Å². The van der Waals surface area contributed by atoms with Crippen molar-refractivity contribution in [2.24, 2.45) is 5.89 Å². The van der Waals surface area contributed by atoms with Gasteiger partial charge in [-0.25, -0.2) is 0 Å². The van der Waals surface area contributed by atoms with E-state index in [1.165, 1.54) is 18.2 Å². The summed E-state index contributed by atoms with van der Waals surface area (Å²) in [6.45, 7) is 0. The predicted octanol–water partition coefficient (Wildman–Crippen LogP) is 8.25. The van der Waals surface area contributed by atoms with Crippen molar-refractivity contribution in [3.8, 4) is 6.07 Å². The number of alkyl halides is 1. The van der Waals surface area contributed by atoms with Crippen molar-refractivity contribution in [3.05, 3.63) is 69.7 Å². The van der Waals surface area contributed by atoms with E-state index in [1.807, 2.05) is 6.07 Å². The maximum Gasteiger partial charge on any atom is 0.167 e. The molecule has 2 aromatic rings. The SMILES string of the molecule is N#Cc1ccccc1Cl.[2H]C1([2H])C([2H])([2H])C([2H])([2H])C([2H])(Br)C1([2H])[2H].[2H]C1([2H])C([2H])([2H])C([2H])([2H])C([2H])(C(=O)c2ccccc2Cl)C1([2H])[2H]. The van der Waals surface area contributed by atoms with E-state index in [9.17, 15) is 4.79 Å². The van der Waals surface area contributed by atoms with Gasteiger partial charge in [0.2, 0.25) is 0 Å². The number of ketones is 1. The predicted molar refractivity (Wildman–Crippen MR) is 125 cm³/mol. The van der Waals surface area contributed by atoms with Crippen LogP contribution in [0.25, 0.3) is 0 Å². The number of halogens is 3. The van der Waals surface area contributed by atoms with E-state index in [0.29, 0.717) is 10.6 Å². The van der Waals surface area contributed by atoms with E-state index in [4.69, 9.17) is 53.1 Å². The fraction of sp³-hybridized carbons (Fsp3) is 0.417. The van der Waals surface area contributed by atoms with Crippen LogP contribution in [0.5, 0.6) is 0 Å². The van der Waals surface area contributed by atoms with Gasteiger partial charge in [-0.05, 0) is 49.8 Å². The van der Waals surface area contributed by atoms with Gasteiger partial charge in [-0.3, -0.25) is 4.79 Å². The summed E-state index contributed by atoms with van der Waals surface area (Å²) in [6.07, 6.45) is -25.8. The number of rotatable bonds is 2. The van der Waals surface area contributed by atoms with Gasteiger partial charge in [0.15, 0.2) is 5.78 Å². The van der Waals surface area contributed by atoms with Gasteiger partial charge in [0.1, 0.15) is 6.07 Å². The van der Waals surface area contributed by atoms with Gasteiger partial charge in [0.25, 0.3) is 0 Å². The fourth-order valence-corrected chi connectivity index (χ4v) is 2.47. The molecule has 29 heavy (non-hydrogen) atoms. The molecule has 0 amide bonds. The molecule has 2 aromatic carbocycles. The molecule has 0 heterocycles. The summed E-state index contributed by atoms with van der Waals surface area (Å²) < 4.78 is 137. The van der Waals surface area contributed by atoms with Crippen molar-refractivity contribution in [2.75, 3.05) is 0 Å². The molecule has 0 N–H and O–H groups in total. The van der Waals surface area contributed by atoms with E-state index < -0.39 is 67.5 Å². The van der Waals surface area contributed by atoms with Crippen molar-refractivity contribution in [1.82, 2.24) is 0 Å². The fourth-order valence-electron chi connectivity index (χ4n) is 1.87. The molecule has 2 nitrogen and oxygen atoms in total. The summed E-state index contributed by atoms with van der Waals surface area (Å²) in [5.41, 5.74) is 0.171. The van der Waals surface area contributed by atoms with Gasteiger partial charge in [0, 0.05) is 40.9 Å².